The molecule has 4 aliphatic carbocycles. The SMILES string of the molecule is CN[C@@H](CO[C@H]1[C@H](OC)C[C@@]23COC[C@@]1(C)[C@@H]2CC[C@H]1C3=CC[C@@]2(C)[C@H](C(=O)O)[C@@](C)([C@H](C)C(C)C)CC[C@]12C)C(C)(C)C. The smallest absolute Gasteiger partial charge is 0.307 e. The Balaban J connectivity index is 1.53. The Bertz CT molecular complexity index is 1130. The summed E-state index contributed by atoms with van der Waals surface area (Å²) in [7, 11) is 3.89. The van der Waals surface area contributed by atoms with E-state index in [4.69, 9.17) is 14.2 Å². The maximum atomic E-state index is 13.3. The Labute approximate surface area is 268 Å². The van der Waals surface area contributed by atoms with Gasteiger partial charge in [0.05, 0.1) is 37.9 Å². The fourth-order valence-corrected chi connectivity index (χ4v) is 12.0. The Hall–Kier alpha value is -0.950. The Morgan fingerprint density at radius 3 is 2.34 bits per heavy atom. The number of methoxy groups -OCH3 is 1. The van der Waals surface area contributed by atoms with Gasteiger partial charge < -0.3 is 24.6 Å². The van der Waals surface area contributed by atoms with E-state index in [0.717, 1.165) is 45.1 Å². The lowest BCUT2D eigenvalue weighted by molar-refractivity contribution is -0.268. The monoisotopic (exact) mass is 615 g/mol. The van der Waals surface area contributed by atoms with E-state index in [0.29, 0.717) is 36.9 Å². The lowest BCUT2D eigenvalue weighted by atomic mass is 9.34. The number of likely N-dealkylation sites (N-methyl/N-ethyl adjacent to an activating group) is 1. The Morgan fingerprint density at radius 1 is 1.09 bits per heavy atom. The van der Waals surface area contributed by atoms with Gasteiger partial charge in [-0.05, 0) is 90.9 Å². The first-order valence-corrected chi connectivity index (χ1v) is 17.7. The van der Waals surface area contributed by atoms with Crippen LogP contribution in [0.4, 0.5) is 0 Å². The van der Waals surface area contributed by atoms with Crippen LogP contribution in [0.15, 0.2) is 11.6 Å². The highest BCUT2D eigenvalue weighted by Crippen LogP contribution is 2.75. The molecule has 0 amide bonds. The molecule has 0 unspecified atom stereocenters. The number of rotatable bonds is 8. The number of carboxylic acid groups (broad SMARTS) is 1. The molecule has 1 aliphatic heterocycles. The van der Waals surface area contributed by atoms with E-state index in [1.54, 1.807) is 5.57 Å². The van der Waals surface area contributed by atoms with Gasteiger partial charge >= 0.3 is 5.97 Å². The second kappa shape index (κ2) is 11.3. The molecule has 0 spiro atoms. The van der Waals surface area contributed by atoms with Crippen LogP contribution in [0.2, 0.25) is 0 Å². The number of fused-ring (bicyclic) bond motifs is 3. The minimum absolute atomic E-state index is 0.00769. The van der Waals surface area contributed by atoms with E-state index in [1.165, 1.54) is 0 Å². The van der Waals surface area contributed by atoms with Gasteiger partial charge in [0.1, 0.15) is 0 Å². The lowest BCUT2D eigenvalue weighted by Crippen LogP contribution is -2.70. The van der Waals surface area contributed by atoms with E-state index >= 15 is 0 Å². The summed E-state index contributed by atoms with van der Waals surface area (Å²) in [4.78, 5) is 13.3. The highest BCUT2D eigenvalue weighted by atomic mass is 16.5. The van der Waals surface area contributed by atoms with Crippen LogP contribution >= 0.6 is 0 Å². The minimum atomic E-state index is -0.599. The first-order valence-electron chi connectivity index (χ1n) is 17.7. The zero-order valence-corrected chi connectivity index (χ0v) is 30.1. The van der Waals surface area contributed by atoms with Crippen LogP contribution in [-0.2, 0) is 19.0 Å². The van der Waals surface area contributed by atoms with Crippen molar-refractivity contribution < 1.29 is 24.1 Å². The van der Waals surface area contributed by atoms with Crippen LogP contribution in [0.3, 0.4) is 0 Å². The molecule has 0 aromatic rings. The molecule has 5 aliphatic rings. The van der Waals surface area contributed by atoms with Crippen molar-refractivity contribution in [3.8, 4) is 0 Å². The van der Waals surface area contributed by atoms with Crippen molar-refractivity contribution in [3.63, 3.8) is 0 Å². The fraction of sp³-hybridized carbons (Fsp3) is 0.921. The van der Waals surface area contributed by atoms with Crippen molar-refractivity contribution in [1.29, 1.82) is 0 Å². The van der Waals surface area contributed by atoms with Gasteiger partial charge in [-0.15, -0.1) is 0 Å². The first-order chi connectivity index (χ1) is 20.4. The predicted octanol–water partition coefficient (Wildman–Crippen LogP) is 7.61. The van der Waals surface area contributed by atoms with Crippen LogP contribution in [-0.4, -0.2) is 63.3 Å². The molecular weight excluding hydrogens is 550 g/mol. The molecule has 1 heterocycles. The van der Waals surface area contributed by atoms with E-state index in [-0.39, 0.29) is 56.7 Å². The zero-order valence-electron chi connectivity index (χ0n) is 30.1. The average molecular weight is 616 g/mol. The van der Waals surface area contributed by atoms with E-state index < -0.39 is 5.97 Å². The van der Waals surface area contributed by atoms with Gasteiger partial charge in [-0.2, -0.15) is 0 Å². The largest absolute Gasteiger partial charge is 0.481 e. The molecule has 0 radical (unpaired) electrons. The third-order valence-corrected chi connectivity index (χ3v) is 15.2. The van der Waals surface area contributed by atoms with Crippen molar-refractivity contribution in [2.24, 2.45) is 62.1 Å². The van der Waals surface area contributed by atoms with Crippen LogP contribution in [0.1, 0.15) is 108 Å². The molecule has 252 valence electrons. The summed E-state index contributed by atoms with van der Waals surface area (Å²) >= 11 is 0. The summed E-state index contributed by atoms with van der Waals surface area (Å²) < 4.78 is 19.9. The summed E-state index contributed by atoms with van der Waals surface area (Å²) in [5, 5.41) is 14.4. The number of ether oxygens (including phenoxy) is 3. The summed E-state index contributed by atoms with van der Waals surface area (Å²) in [5.41, 5.74) is 0.807. The van der Waals surface area contributed by atoms with Crippen molar-refractivity contribution in [2.75, 3.05) is 34.0 Å². The molecule has 12 atom stereocenters. The molecule has 1 saturated heterocycles. The average Bonchev–Trinajstić information content (AvgIpc) is 2.93. The summed E-state index contributed by atoms with van der Waals surface area (Å²) in [5.74, 6) is 0.655. The maximum absolute atomic E-state index is 13.3. The topological polar surface area (TPSA) is 77.0 Å². The quantitative estimate of drug-likeness (QED) is 0.274. The van der Waals surface area contributed by atoms with Gasteiger partial charge in [-0.25, -0.2) is 0 Å². The maximum Gasteiger partial charge on any atom is 0.307 e. The van der Waals surface area contributed by atoms with E-state index in [9.17, 15) is 9.90 Å². The van der Waals surface area contributed by atoms with Crippen LogP contribution in [0, 0.1) is 62.1 Å². The number of nitrogens with one attached hydrogen (secondary N) is 1. The van der Waals surface area contributed by atoms with E-state index in [2.05, 4.69) is 80.6 Å². The molecule has 6 nitrogen and oxygen atoms in total. The predicted molar refractivity (Wildman–Crippen MR) is 176 cm³/mol. The molecule has 6 heteroatoms. The second-order valence-electron chi connectivity index (χ2n) is 18.3. The molecule has 0 aromatic heterocycles. The number of hydrogen-bond acceptors (Lipinski definition) is 5. The molecular formula is C38H65NO5. The minimum Gasteiger partial charge on any atom is -0.481 e. The number of carbonyl (C=O) groups is 1. The van der Waals surface area contributed by atoms with Gasteiger partial charge in [0, 0.05) is 24.0 Å². The fourth-order valence-electron chi connectivity index (χ4n) is 12.0. The molecule has 4 fully saturated rings. The molecule has 5 rings (SSSR count). The molecule has 44 heavy (non-hydrogen) atoms. The molecule has 3 saturated carbocycles. The summed E-state index contributed by atoms with van der Waals surface area (Å²) in [6.45, 7) is 25.2. The van der Waals surface area contributed by atoms with Gasteiger partial charge in [-0.3, -0.25) is 4.79 Å². The first kappa shape index (κ1) is 34.4. The standard InChI is InChI=1S/C38H65NO5/c1-23(2)24(3)34(7)17-18-36(9)25-13-14-28-35(8)21-43-22-38(28,26(25)15-16-37(36,10)30(34)32(40)41)19-27(42-12)31(35)44-20-29(39-11)33(4,5)6/h15,23-25,27-31,39H,13-14,16-22H2,1-12H3,(H,40,41)/t24-,25+,27-,28+,29+,30-,31+,34-,35+,36-,37+,38+/m1/s1. The Morgan fingerprint density at radius 2 is 1.77 bits per heavy atom. The molecule has 2 bridgehead atoms. The molecule has 2 N–H and O–H groups in total. The van der Waals surface area contributed by atoms with Crippen LogP contribution in [0.5, 0.6) is 0 Å². The van der Waals surface area contributed by atoms with Crippen molar-refractivity contribution in [1.82, 2.24) is 5.32 Å². The zero-order chi connectivity index (χ0) is 32.7. The number of hydrogen-bond donors (Lipinski definition) is 2. The Kier molecular flexibility index (Phi) is 8.86. The van der Waals surface area contributed by atoms with Crippen LogP contribution in [0.25, 0.3) is 0 Å². The molecule has 0 aromatic carbocycles. The van der Waals surface area contributed by atoms with Gasteiger partial charge in [0.15, 0.2) is 0 Å². The van der Waals surface area contributed by atoms with Crippen molar-refractivity contribution in [3.05, 3.63) is 11.6 Å². The highest BCUT2D eigenvalue weighted by Gasteiger charge is 2.71. The number of allylic oxidation sites excluding steroid dienone is 1. The van der Waals surface area contributed by atoms with Crippen molar-refractivity contribution in [2.45, 2.75) is 126 Å². The summed E-state index contributed by atoms with van der Waals surface area (Å²) in [6.07, 6.45) is 8.53. The lowest BCUT2D eigenvalue weighted by Gasteiger charge is -2.71. The van der Waals surface area contributed by atoms with Crippen molar-refractivity contribution >= 4 is 5.97 Å². The van der Waals surface area contributed by atoms with Gasteiger partial charge in [0.2, 0.25) is 0 Å². The highest BCUT2D eigenvalue weighted by molar-refractivity contribution is 5.73. The van der Waals surface area contributed by atoms with Crippen LogP contribution < -0.4 is 5.32 Å². The van der Waals surface area contributed by atoms with Gasteiger partial charge in [-0.1, -0.05) is 80.9 Å². The summed E-state index contributed by atoms with van der Waals surface area (Å²) in [6, 6.07) is 0.242. The number of carboxylic acids is 1. The normalized spacial score (nSPS) is 46.8. The third-order valence-electron chi connectivity index (χ3n) is 15.2. The number of aliphatic carboxylic acids is 1. The third kappa shape index (κ3) is 4.72. The second-order valence-corrected chi connectivity index (χ2v) is 18.3. The van der Waals surface area contributed by atoms with Gasteiger partial charge in [0.25, 0.3) is 0 Å². The van der Waals surface area contributed by atoms with E-state index in [1.807, 2.05) is 14.2 Å².